The summed E-state index contributed by atoms with van der Waals surface area (Å²) < 4.78 is 5.07. The second-order valence-corrected chi connectivity index (χ2v) is 9.51. The molecule has 1 aliphatic rings. The average molecular weight is 220 g/mol. The van der Waals surface area contributed by atoms with Crippen molar-refractivity contribution in [2.24, 2.45) is 0 Å². The zero-order chi connectivity index (χ0) is 10.9. The van der Waals surface area contributed by atoms with Crippen molar-refractivity contribution in [3.05, 3.63) is 30.3 Å². The van der Waals surface area contributed by atoms with Crippen molar-refractivity contribution in [2.75, 3.05) is 6.61 Å². The van der Waals surface area contributed by atoms with E-state index in [1.807, 2.05) is 6.07 Å². The van der Waals surface area contributed by atoms with Crippen LogP contribution in [0.5, 0.6) is 0 Å². The molecule has 1 aliphatic heterocycles. The number of esters is 1. The number of cyclic esters (lactones) is 1. The van der Waals surface area contributed by atoms with Crippen LogP contribution in [0.2, 0.25) is 18.6 Å². The second kappa shape index (κ2) is 3.81. The molecular weight excluding hydrogens is 204 g/mol. The maximum absolute atomic E-state index is 11.1. The van der Waals surface area contributed by atoms with Gasteiger partial charge in [-0.25, -0.2) is 0 Å². The summed E-state index contributed by atoms with van der Waals surface area (Å²) in [6.07, 6.45) is 0.605. The summed E-state index contributed by atoms with van der Waals surface area (Å²) in [6, 6.07) is 10.5. The highest BCUT2D eigenvalue weighted by molar-refractivity contribution is 6.91. The Balaban J connectivity index is 2.23. The number of hydrogen-bond donors (Lipinski definition) is 0. The van der Waals surface area contributed by atoms with Crippen molar-refractivity contribution in [3.63, 3.8) is 0 Å². The molecule has 0 radical (unpaired) electrons. The molecule has 15 heavy (non-hydrogen) atoms. The van der Waals surface area contributed by atoms with Crippen molar-refractivity contribution in [3.8, 4) is 0 Å². The number of rotatable bonds is 2. The largest absolute Gasteiger partial charge is 0.466 e. The minimum atomic E-state index is -1.53. The van der Waals surface area contributed by atoms with Crippen LogP contribution in [-0.2, 0) is 9.53 Å². The summed E-state index contributed by atoms with van der Waals surface area (Å²) in [4.78, 5) is 11.1. The van der Waals surface area contributed by atoms with E-state index in [1.54, 1.807) is 0 Å². The lowest BCUT2D eigenvalue weighted by Crippen LogP contribution is -2.46. The van der Waals surface area contributed by atoms with Crippen molar-refractivity contribution in [1.82, 2.24) is 0 Å². The zero-order valence-electron chi connectivity index (χ0n) is 9.19. The fourth-order valence-corrected chi connectivity index (χ4v) is 4.78. The Labute approximate surface area is 91.3 Å². The van der Waals surface area contributed by atoms with Gasteiger partial charge >= 0.3 is 5.97 Å². The minimum absolute atomic E-state index is 0.0310. The summed E-state index contributed by atoms with van der Waals surface area (Å²) in [5, 5.41) is 1.41. The van der Waals surface area contributed by atoms with Crippen LogP contribution in [-0.4, -0.2) is 20.7 Å². The van der Waals surface area contributed by atoms with Crippen LogP contribution in [0.4, 0.5) is 0 Å². The Hall–Kier alpha value is -1.09. The van der Waals surface area contributed by atoms with Crippen LogP contribution >= 0.6 is 0 Å². The summed E-state index contributed by atoms with van der Waals surface area (Å²) in [6.45, 7) is 5.25. The van der Waals surface area contributed by atoms with Crippen LogP contribution in [0.1, 0.15) is 6.42 Å². The van der Waals surface area contributed by atoms with E-state index in [4.69, 9.17) is 4.74 Å². The van der Waals surface area contributed by atoms with E-state index in [0.29, 0.717) is 18.6 Å². The predicted octanol–water partition coefficient (Wildman–Crippen LogP) is 1.92. The molecule has 1 atom stereocenters. The van der Waals surface area contributed by atoms with E-state index in [9.17, 15) is 4.79 Å². The van der Waals surface area contributed by atoms with E-state index >= 15 is 0 Å². The van der Waals surface area contributed by atoms with Gasteiger partial charge in [0.15, 0.2) is 0 Å². The lowest BCUT2D eigenvalue weighted by atomic mass is 10.3. The standard InChI is InChI=1S/C12H16O2Si/c1-15(2,10-6-4-3-5-7-10)11-8-12(13)14-9-11/h3-7,11H,8-9H2,1-2H3. The van der Waals surface area contributed by atoms with Gasteiger partial charge in [0.05, 0.1) is 14.7 Å². The first-order valence-electron chi connectivity index (χ1n) is 5.32. The van der Waals surface area contributed by atoms with Gasteiger partial charge in [-0.05, 0) is 0 Å². The van der Waals surface area contributed by atoms with Crippen molar-refractivity contribution >= 4 is 19.2 Å². The van der Waals surface area contributed by atoms with Gasteiger partial charge in [0, 0.05) is 12.0 Å². The molecular formula is C12H16O2Si. The zero-order valence-corrected chi connectivity index (χ0v) is 10.2. The van der Waals surface area contributed by atoms with E-state index in [2.05, 4.69) is 37.4 Å². The topological polar surface area (TPSA) is 26.3 Å². The van der Waals surface area contributed by atoms with E-state index in [0.717, 1.165) is 0 Å². The van der Waals surface area contributed by atoms with Crippen LogP contribution in [0.3, 0.4) is 0 Å². The number of benzene rings is 1. The summed E-state index contributed by atoms with van der Waals surface area (Å²) in [7, 11) is -1.53. The molecule has 3 heteroatoms. The van der Waals surface area contributed by atoms with Crippen LogP contribution in [0, 0.1) is 0 Å². The van der Waals surface area contributed by atoms with E-state index < -0.39 is 8.07 Å². The summed E-state index contributed by atoms with van der Waals surface area (Å²) in [5.74, 6) is -0.0310. The molecule has 2 rings (SSSR count). The first-order valence-corrected chi connectivity index (χ1v) is 8.39. The predicted molar refractivity (Wildman–Crippen MR) is 62.9 cm³/mol. The molecule has 1 aromatic carbocycles. The highest BCUT2D eigenvalue weighted by Gasteiger charge is 2.39. The van der Waals surface area contributed by atoms with Crippen LogP contribution < -0.4 is 5.19 Å². The molecule has 0 amide bonds. The maximum atomic E-state index is 11.1. The Bertz CT molecular complexity index is 359. The van der Waals surface area contributed by atoms with E-state index in [-0.39, 0.29) is 5.97 Å². The first kappa shape index (κ1) is 10.4. The second-order valence-electron chi connectivity index (χ2n) is 4.67. The fraction of sp³-hybridized carbons (Fsp3) is 0.417. The quantitative estimate of drug-likeness (QED) is 0.562. The molecule has 0 N–H and O–H groups in total. The number of carbonyl (C=O) groups is 1. The van der Waals surface area contributed by atoms with Gasteiger partial charge < -0.3 is 4.74 Å². The van der Waals surface area contributed by atoms with Gasteiger partial charge in [-0.2, -0.15) is 0 Å². The SMILES string of the molecule is C[Si](C)(c1ccccc1)C1COC(=O)C1. The number of carbonyl (C=O) groups excluding carboxylic acids is 1. The monoisotopic (exact) mass is 220 g/mol. The molecule has 1 unspecified atom stereocenters. The van der Waals surface area contributed by atoms with Gasteiger partial charge in [0.25, 0.3) is 0 Å². The highest BCUT2D eigenvalue weighted by Crippen LogP contribution is 2.30. The minimum Gasteiger partial charge on any atom is -0.466 e. The maximum Gasteiger partial charge on any atom is 0.305 e. The fourth-order valence-electron chi connectivity index (χ4n) is 2.08. The van der Waals surface area contributed by atoms with Gasteiger partial charge in [0.2, 0.25) is 0 Å². The lowest BCUT2D eigenvalue weighted by molar-refractivity contribution is -0.137. The van der Waals surface area contributed by atoms with Crippen molar-refractivity contribution < 1.29 is 9.53 Å². The molecule has 0 bridgehead atoms. The van der Waals surface area contributed by atoms with Crippen LogP contribution in [0.15, 0.2) is 30.3 Å². The first-order chi connectivity index (χ1) is 7.10. The third-order valence-corrected chi connectivity index (χ3v) is 7.63. The van der Waals surface area contributed by atoms with Crippen molar-refractivity contribution in [2.45, 2.75) is 25.1 Å². The molecule has 0 aliphatic carbocycles. The third kappa shape index (κ3) is 1.97. The normalized spacial score (nSPS) is 21.5. The summed E-state index contributed by atoms with van der Waals surface area (Å²) in [5.41, 5.74) is 0.437. The summed E-state index contributed by atoms with van der Waals surface area (Å²) >= 11 is 0. The third-order valence-electron chi connectivity index (χ3n) is 3.40. The lowest BCUT2D eigenvalue weighted by Gasteiger charge is -2.27. The average Bonchev–Trinajstić information content (AvgIpc) is 2.67. The molecule has 1 fully saturated rings. The molecule has 0 spiro atoms. The van der Waals surface area contributed by atoms with E-state index in [1.165, 1.54) is 5.19 Å². The molecule has 1 saturated heterocycles. The molecule has 1 heterocycles. The number of hydrogen-bond acceptors (Lipinski definition) is 2. The Morgan fingerprint density at radius 3 is 2.47 bits per heavy atom. The van der Waals surface area contributed by atoms with Gasteiger partial charge in [-0.15, -0.1) is 0 Å². The van der Waals surface area contributed by atoms with Gasteiger partial charge in [0.1, 0.15) is 0 Å². The molecule has 2 nitrogen and oxygen atoms in total. The Morgan fingerprint density at radius 1 is 1.27 bits per heavy atom. The Morgan fingerprint density at radius 2 is 1.93 bits per heavy atom. The van der Waals surface area contributed by atoms with Crippen LogP contribution in [0.25, 0.3) is 0 Å². The van der Waals surface area contributed by atoms with Gasteiger partial charge in [-0.3, -0.25) is 4.79 Å². The Kier molecular flexibility index (Phi) is 2.65. The molecule has 0 saturated carbocycles. The smallest absolute Gasteiger partial charge is 0.305 e. The number of ether oxygens (including phenoxy) is 1. The molecule has 80 valence electrons. The highest BCUT2D eigenvalue weighted by atomic mass is 28.3. The van der Waals surface area contributed by atoms with Gasteiger partial charge in [-0.1, -0.05) is 48.6 Å². The molecule has 0 aromatic heterocycles. The van der Waals surface area contributed by atoms with Crippen molar-refractivity contribution in [1.29, 1.82) is 0 Å². The molecule has 1 aromatic rings.